The quantitative estimate of drug-likeness (QED) is 0.733. The van der Waals surface area contributed by atoms with Gasteiger partial charge in [0.1, 0.15) is 17.7 Å². The number of hydrogen-bond acceptors (Lipinski definition) is 5. The molecule has 1 aromatic heterocycles. The summed E-state index contributed by atoms with van der Waals surface area (Å²) >= 11 is 0. The predicted molar refractivity (Wildman–Crippen MR) is 98.2 cm³/mol. The number of aryl methyl sites for hydroxylation is 1. The van der Waals surface area contributed by atoms with Crippen LogP contribution in [0.1, 0.15) is 17.4 Å². The molecule has 1 saturated heterocycles. The van der Waals surface area contributed by atoms with Crippen LogP contribution in [0.5, 0.6) is 5.75 Å². The van der Waals surface area contributed by atoms with E-state index in [1.165, 1.54) is 16.3 Å². The highest BCUT2D eigenvalue weighted by Gasteiger charge is 2.24. The third-order valence-corrected chi connectivity index (χ3v) is 4.66. The van der Waals surface area contributed by atoms with E-state index in [0.29, 0.717) is 6.61 Å². The van der Waals surface area contributed by atoms with Crippen molar-refractivity contribution in [3.8, 4) is 5.75 Å². The summed E-state index contributed by atoms with van der Waals surface area (Å²) in [7, 11) is 1.69. The molecule has 2 aromatic carbocycles. The fourth-order valence-corrected chi connectivity index (χ4v) is 3.32. The van der Waals surface area contributed by atoms with Gasteiger partial charge in [-0.25, -0.2) is 4.98 Å². The Balaban J connectivity index is 1.61. The smallest absolute Gasteiger partial charge is 0.150 e. The summed E-state index contributed by atoms with van der Waals surface area (Å²) in [4.78, 5) is 11.1. The van der Waals surface area contributed by atoms with E-state index in [9.17, 15) is 0 Å². The van der Waals surface area contributed by atoms with E-state index < -0.39 is 0 Å². The molecule has 0 N–H and O–H groups in total. The van der Waals surface area contributed by atoms with Crippen LogP contribution in [0.4, 0.5) is 5.82 Å². The highest BCUT2D eigenvalue weighted by Crippen LogP contribution is 2.29. The third kappa shape index (κ3) is 3.15. The molecule has 0 bridgehead atoms. The molecular formula is C20H21N3O2. The molecule has 0 amide bonds. The van der Waals surface area contributed by atoms with Crippen LogP contribution >= 0.6 is 0 Å². The van der Waals surface area contributed by atoms with E-state index in [0.717, 1.165) is 30.4 Å². The van der Waals surface area contributed by atoms with E-state index in [2.05, 4.69) is 45.2 Å². The van der Waals surface area contributed by atoms with Crippen LogP contribution < -0.4 is 9.64 Å². The van der Waals surface area contributed by atoms with Gasteiger partial charge in [-0.2, -0.15) is 0 Å². The maximum Gasteiger partial charge on any atom is 0.150 e. The molecule has 0 radical (unpaired) electrons. The van der Waals surface area contributed by atoms with Crippen molar-refractivity contribution in [3.63, 3.8) is 0 Å². The van der Waals surface area contributed by atoms with Crippen LogP contribution in [0.3, 0.4) is 0 Å². The zero-order chi connectivity index (χ0) is 17.2. The van der Waals surface area contributed by atoms with Crippen molar-refractivity contribution in [2.45, 2.75) is 13.0 Å². The van der Waals surface area contributed by atoms with Gasteiger partial charge in [0.15, 0.2) is 0 Å². The van der Waals surface area contributed by atoms with Gasteiger partial charge < -0.3 is 14.4 Å². The molecule has 1 fully saturated rings. The Hall–Kier alpha value is -2.66. The zero-order valence-corrected chi connectivity index (χ0v) is 14.5. The number of rotatable bonds is 3. The fraction of sp³-hybridized carbons (Fsp3) is 0.300. The molecule has 2 heterocycles. The van der Waals surface area contributed by atoms with Gasteiger partial charge in [-0.15, -0.1) is 0 Å². The molecule has 1 atom stereocenters. The summed E-state index contributed by atoms with van der Waals surface area (Å²) in [5.74, 6) is 1.82. The highest BCUT2D eigenvalue weighted by molar-refractivity contribution is 5.84. The van der Waals surface area contributed by atoms with Crippen molar-refractivity contribution in [1.29, 1.82) is 0 Å². The van der Waals surface area contributed by atoms with Crippen molar-refractivity contribution in [3.05, 3.63) is 60.0 Å². The highest BCUT2D eigenvalue weighted by atomic mass is 16.5. The average Bonchev–Trinajstić information content (AvgIpc) is 2.67. The number of benzene rings is 2. The van der Waals surface area contributed by atoms with Gasteiger partial charge in [0.2, 0.25) is 0 Å². The van der Waals surface area contributed by atoms with Crippen molar-refractivity contribution in [1.82, 2.24) is 9.97 Å². The van der Waals surface area contributed by atoms with Crippen molar-refractivity contribution in [2.75, 3.05) is 31.7 Å². The van der Waals surface area contributed by atoms with Crippen LogP contribution in [0.2, 0.25) is 0 Å². The van der Waals surface area contributed by atoms with Crippen LogP contribution in [-0.2, 0) is 4.74 Å². The number of anilines is 1. The van der Waals surface area contributed by atoms with Gasteiger partial charge in [0, 0.05) is 25.5 Å². The summed E-state index contributed by atoms with van der Waals surface area (Å²) in [5, 5.41) is 2.36. The zero-order valence-electron chi connectivity index (χ0n) is 14.5. The Bertz CT molecular complexity index is 897. The molecule has 0 unspecified atom stereocenters. The Morgan fingerprint density at radius 1 is 1.08 bits per heavy atom. The topological polar surface area (TPSA) is 47.5 Å². The summed E-state index contributed by atoms with van der Waals surface area (Å²) in [6, 6.07) is 12.6. The standard InChI is InChI=1S/C20H21N3O2/c1-14-20(22-8-7-21-14)23-9-10-25-19(13-23)17-4-3-16-12-18(24-2)6-5-15(16)11-17/h3-8,11-12,19H,9-10,13H2,1-2H3/t19-/m1/s1. The van der Waals surface area contributed by atoms with E-state index in [1.807, 2.05) is 13.0 Å². The number of nitrogens with zero attached hydrogens (tertiary/aromatic N) is 3. The molecule has 1 aliphatic rings. The number of fused-ring (bicyclic) bond motifs is 1. The van der Waals surface area contributed by atoms with Crippen molar-refractivity contribution in [2.24, 2.45) is 0 Å². The molecule has 3 aromatic rings. The number of aromatic nitrogens is 2. The first-order chi connectivity index (χ1) is 12.2. The molecule has 4 rings (SSSR count). The SMILES string of the molecule is COc1ccc2cc([C@H]3CN(c4nccnc4C)CCO3)ccc2c1. The minimum absolute atomic E-state index is 0.0293. The molecule has 0 aliphatic carbocycles. The number of morpholine rings is 1. The molecule has 0 saturated carbocycles. The fourth-order valence-electron chi connectivity index (χ4n) is 3.32. The van der Waals surface area contributed by atoms with Crippen LogP contribution in [0, 0.1) is 6.92 Å². The van der Waals surface area contributed by atoms with Gasteiger partial charge in [0.25, 0.3) is 0 Å². The summed E-state index contributed by atoms with van der Waals surface area (Å²) in [5.41, 5.74) is 2.14. The lowest BCUT2D eigenvalue weighted by Crippen LogP contribution is -2.39. The van der Waals surface area contributed by atoms with Gasteiger partial charge in [0.05, 0.1) is 19.4 Å². The summed E-state index contributed by atoms with van der Waals surface area (Å²) in [6.45, 7) is 4.29. The average molecular weight is 335 g/mol. The van der Waals surface area contributed by atoms with Crippen molar-refractivity contribution >= 4 is 16.6 Å². The van der Waals surface area contributed by atoms with Crippen molar-refractivity contribution < 1.29 is 9.47 Å². The summed E-state index contributed by atoms with van der Waals surface area (Å²) < 4.78 is 11.3. The second-order valence-corrected chi connectivity index (χ2v) is 6.24. The first-order valence-corrected chi connectivity index (χ1v) is 8.46. The minimum atomic E-state index is 0.0293. The Kier molecular flexibility index (Phi) is 4.24. The largest absolute Gasteiger partial charge is 0.497 e. The molecule has 0 spiro atoms. The normalized spacial score (nSPS) is 17.7. The van der Waals surface area contributed by atoms with E-state index in [-0.39, 0.29) is 6.10 Å². The molecular weight excluding hydrogens is 314 g/mol. The van der Waals surface area contributed by atoms with E-state index in [1.54, 1.807) is 19.5 Å². The number of ether oxygens (including phenoxy) is 2. The molecule has 128 valence electrons. The molecule has 25 heavy (non-hydrogen) atoms. The number of methoxy groups -OCH3 is 1. The van der Waals surface area contributed by atoms with Crippen LogP contribution in [0.25, 0.3) is 10.8 Å². The van der Waals surface area contributed by atoms with E-state index in [4.69, 9.17) is 9.47 Å². The summed E-state index contributed by atoms with van der Waals surface area (Å²) in [6.07, 6.45) is 3.51. The predicted octanol–water partition coefficient (Wildman–Crippen LogP) is 3.52. The molecule has 5 nitrogen and oxygen atoms in total. The molecule has 5 heteroatoms. The van der Waals surface area contributed by atoms with Gasteiger partial charge in [-0.1, -0.05) is 18.2 Å². The Labute approximate surface area is 147 Å². The lowest BCUT2D eigenvalue weighted by molar-refractivity contribution is 0.0395. The third-order valence-electron chi connectivity index (χ3n) is 4.66. The minimum Gasteiger partial charge on any atom is -0.497 e. The monoisotopic (exact) mass is 335 g/mol. The van der Waals surface area contributed by atoms with E-state index >= 15 is 0 Å². The lowest BCUT2D eigenvalue weighted by atomic mass is 10.0. The maximum atomic E-state index is 6.03. The Morgan fingerprint density at radius 2 is 1.88 bits per heavy atom. The van der Waals surface area contributed by atoms with Gasteiger partial charge in [-0.05, 0) is 41.5 Å². The van der Waals surface area contributed by atoms with Gasteiger partial charge >= 0.3 is 0 Å². The Morgan fingerprint density at radius 3 is 2.72 bits per heavy atom. The first-order valence-electron chi connectivity index (χ1n) is 8.46. The van der Waals surface area contributed by atoms with Crippen LogP contribution in [-0.4, -0.2) is 36.8 Å². The molecule has 1 aliphatic heterocycles. The van der Waals surface area contributed by atoms with Crippen LogP contribution in [0.15, 0.2) is 48.8 Å². The second-order valence-electron chi connectivity index (χ2n) is 6.24. The lowest BCUT2D eigenvalue weighted by Gasteiger charge is -2.34. The number of hydrogen-bond donors (Lipinski definition) is 0. The first kappa shape index (κ1) is 15.8. The van der Waals surface area contributed by atoms with Gasteiger partial charge in [-0.3, -0.25) is 4.98 Å². The second kappa shape index (κ2) is 6.69. The maximum absolute atomic E-state index is 6.03.